The van der Waals surface area contributed by atoms with Crippen molar-refractivity contribution in [3.63, 3.8) is 0 Å². The number of hydrogen-bond acceptors (Lipinski definition) is 5. The maximum absolute atomic E-state index is 14.0. The summed E-state index contributed by atoms with van der Waals surface area (Å²) in [6, 6.07) is 8.36. The molecule has 6 heteroatoms. The molecule has 140 valence electrons. The van der Waals surface area contributed by atoms with Crippen LogP contribution in [0.25, 0.3) is 0 Å². The lowest BCUT2D eigenvalue weighted by Gasteiger charge is -2.14. The number of halogens is 1. The fraction of sp³-hybridized carbons (Fsp3) is 0.190. The molecule has 2 N–H and O–H groups in total. The van der Waals surface area contributed by atoms with E-state index in [0.29, 0.717) is 23.6 Å². The van der Waals surface area contributed by atoms with Crippen molar-refractivity contribution in [2.24, 2.45) is 0 Å². The molecule has 0 radical (unpaired) electrons. The highest BCUT2D eigenvalue weighted by Gasteiger charge is 2.09. The van der Waals surface area contributed by atoms with Crippen molar-refractivity contribution in [2.75, 3.05) is 6.26 Å². The third-order valence-corrected chi connectivity index (χ3v) is 4.59. The smallest absolute Gasteiger partial charge is 0.177 e. The van der Waals surface area contributed by atoms with E-state index >= 15 is 0 Å². The molecule has 0 unspecified atom stereocenters. The summed E-state index contributed by atoms with van der Waals surface area (Å²) < 4.78 is 14.0. The molecule has 0 saturated carbocycles. The number of nitrogens with one attached hydrogen (secondary N) is 2. The van der Waals surface area contributed by atoms with E-state index < -0.39 is 0 Å². The van der Waals surface area contributed by atoms with E-state index in [-0.39, 0.29) is 11.5 Å². The van der Waals surface area contributed by atoms with Crippen LogP contribution in [0.1, 0.15) is 25.2 Å². The predicted molar refractivity (Wildman–Crippen MR) is 111 cm³/mol. The van der Waals surface area contributed by atoms with Crippen LogP contribution < -0.4 is 5.32 Å². The Morgan fingerprint density at radius 1 is 1.19 bits per heavy atom. The van der Waals surface area contributed by atoms with Gasteiger partial charge in [0.2, 0.25) is 0 Å². The molecular weight excluding hydrogens is 359 g/mol. The Kier molecular flexibility index (Phi) is 7.95. The average Bonchev–Trinajstić information content (AvgIpc) is 2.70. The summed E-state index contributed by atoms with van der Waals surface area (Å²) in [5.41, 5.74) is 2.37. The van der Waals surface area contributed by atoms with E-state index in [0.717, 1.165) is 10.5 Å². The summed E-state index contributed by atoms with van der Waals surface area (Å²) in [6.07, 6.45) is 10.9. The van der Waals surface area contributed by atoms with Crippen LogP contribution in [0.5, 0.6) is 0 Å². The van der Waals surface area contributed by atoms with Crippen molar-refractivity contribution >= 4 is 17.5 Å². The first kappa shape index (κ1) is 20.6. The molecule has 0 aliphatic heterocycles. The van der Waals surface area contributed by atoms with Crippen LogP contribution in [0.2, 0.25) is 0 Å². The molecule has 0 aliphatic carbocycles. The molecule has 1 aromatic heterocycles. The number of thioether (sulfide) groups is 1. The number of benzene rings is 1. The van der Waals surface area contributed by atoms with Crippen LogP contribution in [0.4, 0.5) is 4.39 Å². The molecule has 0 bridgehead atoms. The highest BCUT2D eigenvalue weighted by molar-refractivity contribution is 8.02. The second-order valence-electron chi connectivity index (χ2n) is 5.69. The van der Waals surface area contributed by atoms with Gasteiger partial charge < -0.3 is 5.32 Å². The zero-order chi connectivity index (χ0) is 19.6. The highest BCUT2D eigenvalue weighted by atomic mass is 32.2. The van der Waals surface area contributed by atoms with Gasteiger partial charge in [-0.2, -0.15) is 0 Å². The number of rotatable bonds is 8. The standard InChI is InChI=1S/C21H23FN4S/c1-4-16(12-15(2)27-3)20(13-19(23)21-24-10-7-11-25-21)26-14-17-8-5-6-9-18(17)22/h4-13,23,26H,14H2,1-3H3/b15-12-,16-4-,20-13-,23-19?. The Balaban J connectivity index is 2.34. The van der Waals surface area contributed by atoms with Crippen LogP contribution in [0, 0.1) is 11.2 Å². The first-order valence-corrected chi connectivity index (χ1v) is 9.71. The fourth-order valence-electron chi connectivity index (χ4n) is 2.31. The zero-order valence-electron chi connectivity index (χ0n) is 15.7. The zero-order valence-corrected chi connectivity index (χ0v) is 16.5. The average molecular weight is 383 g/mol. The van der Waals surface area contributed by atoms with Crippen LogP contribution in [-0.4, -0.2) is 21.9 Å². The minimum absolute atomic E-state index is 0.182. The Morgan fingerprint density at radius 2 is 1.89 bits per heavy atom. The van der Waals surface area contributed by atoms with Gasteiger partial charge in [-0.25, -0.2) is 14.4 Å². The third-order valence-electron chi connectivity index (χ3n) is 3.83. The number of aromatic nitrogens is 2. The molecule has 0 atom stereocenters. The van der Waals surface area contributed by atoms with Crippen LogP contribution in [-0.2, 0) is 6.54 Å². The van der Waals surface area contributed by atoms with E-state index in [1.54, 1.807) is 54.5 Å². The number of hydrogen-bond donors (Lipinski definition) is 2. The van der Waals surface area contributed by atoms with Gasteiger partial charge in [-0.15, -0.1) is 11.8 Å². The van der Waals surface area contributed by atoms with Crippen LogP contribution in [0.3, 0.4) is 0 Å². The first-order valence-electron chi connectivity index (χ1n) is 8.49. The minimum atomic E-state index is -0.260. The second kappa shape index (κ2) is 10.4. The summed E-state index contributed by atoms with van der Waals surface area (Å²) in [5.74, 6) is 0.0763. The molecule has 0 fully saturated rings. The van der Waals surface area contributed by atoms with Gasteiger partial charge in [0, 0.05) is 30.2 Å². The molecule has 0 aliphatic rings. The maximum atomic E-state index is 14.0. The third kappa shape index (κ3) is 6.18. The van der Waals surface area contributed by atoms with E-state index in [1.807, 2.05) is 32.3 Å². The lowest BCUT2D eigenvalue weighted by molar-refractivity contribution is 0.602. The lowest BCUT2D eigenvalue weighted by atomic mass is 10.1. The van der Waals surface area contributed by atoms with E-state index in [1.165, 1.54) is 6.07 Å². The molecule has 1 aromatic carbocycles. The van der Waals surface area contributed by atoms with Crippen LogP contribution >= 0.6 is 11.8 Å². The largest absolute Gasteiger partial charge is 0.380 e. The van der Waals surface area contributed by atoms with E-state index in [2.05, 4.69) is 15.3 Å². The fourth-order valence-corrected chi connectivity index (χ4v) is 2.56. The molecule has 2 aromatic rings. The van der Waals surface area contributed by atoms with Gasteiger partial charge in [0.1, 0.15) is 11.5 Å². The van der Waals surface area contributed by atoms with Crippen LogP contribution in [0.15, 0.2) is 77.1 Å². The molecule has 0 spiro atoms. The minimum Gasteiger partial charge on any atom is -0.380 e. The molecule has 0 saturated heterocycles. The Morgan fingerprint density at radius 3 is 2.52 bits per heavy atom. The second-order valence-corrected chi connectivity index (χ2v) is 6.74. The van der Waals surface area contributed by atoms with Gasteiger partial charge in [0.15, 0.2) is 5.82 Å². The summed E-state index contributed by atoms with van der Waals surface area (Å²) in [7, 11) is 0. The normalized spacial score (nSPS) is 12.8. The van der Waals surface area contributed by atoms with Crippen molar-refractivity contribution in [2.45, 2.75) is 20.4 Å². The predicted octanol–water partition coefficient (Wildman–Crippen LogP) is 4.87. The number of nitrogens with zero attached hydrogens (tertiary/aromatic N) is 2. The molecule has 0 amide bonds. The SMILES string of the molecule is C/C=C(/C=C(/C)SC)C(=C\C(=N)c1ncccn1)\NCc1ccccc1F. The van der Waals surface area contributed by atoms with Crippen molar-refractivity contribution in [3.8, 4) is 0 Å². The molecule has 4 nitrogen and oxygen atoms in total. The van der Waals surface area contributed by atoms with Crippen molar-refractivity contribution in [1.82, 2.24) is 15.3 Å². The van der Waals surface area contributed by atoms with Crippen molar-refractivity contribution in [1.29, 1.82) is 5.41 Å². The summed E-state index contributed by atoms with van der Waals surface area (Å²) in [4.78, 5) is 9.37. The summed E-state index contributed by atoms with van der Waals surface area (Å²) in [6.45, 7) is 4.26. The van der Waals surface area contributed by atoms with E-state index in [4.69, 9.17) is 5.41 Å². The molecule has 2 rings (SSSR count). The van der Waals surface area contributed by atoms with Crippen molar-refractivity contribution in [3.05, 3.63) is 94.3 Å². The van der Waals surface area contributed by atoms with Gasteiger partial charge in [0.05, 0.1) is 0 Å². The Bertz CT molecular complexity index is 873. The highest BCUT2D eigenvalue weighted by Crippen LogP contribution is 2.19. The topological polar surface area (TPSA) is 61.7 Å². The van der Waals surface area contributed by atoms with Gasteiger partial charge >= 0.3 is 0 Å². The van der Waals surface area contributed by atoms with Gasteiger partial charge in [0.25, 0.3) is 0 Å². The van der Waals surface area contributed by atoms with Gasteiger partial charge in [-0.3, -0.25) is 5.41 Å². The molecule has 27 heavy (non-hydrogen) atoms. The number of allylic oxidation sites excluding steroid dienone is 4. The first-order chi connectivity index (χ1) is 13.0. The lowest BCUT2D eigenvalue weighted by Crippen LogP contribution is -2.17. The van der Waals surface area contributed by atoms with E-state index in [9.17, 15) is 4.39 Å². The molecular formula is C21H23FN4S. The molecule has 1 heterocycles. The summed E-state index contributed by atoms with van der Waals surface area (Å²) >= 11 is 1.64. The summed E-state index contributed by atoms with van der Waals surface area (Å²) in [5, 5.41) is 11.6. The Labute approximate surface area is 163 Å². The monoisotopic (exact) mass is 382 g/mol. The van der Waals surface area contributed by atoms with Crippen molar-refractivity contribution < 1.29 is 4.39 Å². The Hall–Kier alpha value is -2.73. The quantitative estimate of drug-likeness (QED) is 0.505. The van der Waals surface area contributed by atoms with Gasteiger partial charge in [-0.1, -0.05) is 24.3 Å². The van der Waals surface area contributed by atoms with Gasteiger partial charge in [-0.05, 0) is 54.9 Å². The maximum Gasteiger partial charge on any atom is 0.177 e.